The van der Waals surface area contributed by atoms with Crippen molar-refractivity contribution in [2.75, 3.05) is 45.2 Å². The molecular formula is C36H49N7O10. The predicted molar refractivity (Wildman–Crippen MR) is 191 cm³/mol. The summed E-state index contributed by atoms with van der Waals surface area (Å²) in [7, 11) is 1.66. The summed E-state index contributed by atoms with van der Waals surface area (Å²) >= 11 is 0. The van der Waals surface area contributed by atoms with Gasteiger partial charge in [-0.25, -0.2) is 9.59 Å². The lowest BCUT2D eigenvalue weighted by Gasteiger charge is -2.29. The molecule has 2 fully saturated rings. The molecule has 288 valence electrons. The van der Waals surface area contributed by atoms with Gasteiger partial charge in [0.05, 0.1) is 19.8 Å². The number of carbonyl (C=O) groups excluding carboxylic acids is 6. The van der Waals surface area contributed by atoms with Gasteiger partial charge < -0.3 is 51.4 Å². The fourth-order valence-electron chi connectivity index (χ4n) is 5.98. The molecule has 17 heteroatoms. The number of nitrogens with two attached hydrogens (primary N) is 1. The van der Waals surface area contributed by atoms with E-state index in [0.29, 0.717) is 23.4 Å². The van der Waals surface area contributed by atoms with Crippen LogP contribution in [0.4, 0.5) is 15.3 Å². The Kier molecular flexibility index (Phi) is 15.2. The molecule has 53 heavy (non-hydrogen) atoms. The third-order valence-electron chi connectivity index (χ3n) is 9.32. The van der Waals surface area contributed by atoms with E-state index in [-0.39, 0.29) is 69.9 Å². The number of amides is 7. The first-order valence-electron chi connectivity index (χ1n) is 17.8. The number of hydrogen-bond acceptors (Lipinski definition) is 9. The van der Waals surface area contributed by atoms with Crippen molar-refractivity contribution < 1.29 is 48.1 Å². The van der Waals surface area contributed by atoms with Gasteiger partial charge in [-0.2, -0.15) is 0 Å². The fourth-order valence-corrected chi connectivity index (χ4v) is 5.98. The molecule has 1 heterocycles. The highest BCUT2D eigenvalue weighted by Crippen LogP contribution is 2.33. The topological polar surface area (TPSA) is 239 Å². The smallest absolute Gasteiger partial charge is 0.450 e. The molecule has 7 N–H and O–H groups in total. The van der Waals surface area contributed by atoms with Crippen molar-refractivity contribution in [2.45, 2.75) is 77.0 Å². The lowest BCUT2D eigenvalue weighted by molar-refractivity contribution is -0.137. The third-order valence-corrected chi connectivity index (χ3v) is 9.32. The van der Waals surface area contributed by atoms with Crippen molar-refractivity contribution in [2.24, 2.45) is 11.7 Å². The molecule has 0 unspecified atom stereocenters. The average Bonchev–Trinajstić information content (AvgIpc) is 3.41. The van der Waals surface area contributed by atoms with E-state index in [9.17, 15) is 33.6 Å². The maximum absolute atomic E-state index is 13.4. The number of carboxylic acid groups (broad SMARTS) is 1. The number of primary amides is 1. The summed E-state index contributed by atoms with van der Waals surface area (Å²) in [5.74, 6) is -1.81. The van der Waals surface area contributed by atoms with Crippen LogP contribution in [0.3, 0.4) is 0 Å². The van der Waals surface area contributed by atoms with Gasteiger partial charge in [0.2, 0.25) is 23.6 Å². The van der Waals surface area contributed by atoms with Gasteiger partial charge in [0.1, 0.15) is 12.6 Å². The number of rotatable bonds is 20. The second kappa shape index (κ2) is 20.0. The Morgan fingerprint density at radius 3 is 2.45 bits per heavy atom. The van der Waals surface area contributed by atoms with Crippen molar-refractivity contribution >= 4 is 47.4 Å². The molecule has 1 aliphatic heterocycles. The van der Waals surface area contributed by atoms with Crippen molar-refractivity contribution in [3.8, 4) is 0 Å². The Labute approximate surface area is 307 Å². The highest BCUT2D eigenvalue weighted by molar-refractivity contribution is 5.98. The minimum Gasteiger partial charge on any atom is -0.450 e. The molecule has 1 aromatic rings. The van der Waals surface area contributed by atoms with E-state index >= 15 is 0 Å². The summed E-state index contributed by atoms with van der Waals surface area (Å²) < 4.78 is 10.3. The molecule has 0 saturated heterocycles. The van der Waals surface area contributed by atoms with Crippen LogP contribution in [-0.4, -0.2) is 103 Å². The number of nitrogens with one attached hydrogen (secondary N) is 4. The van der Waals surface area contributed by atoms with Crippen molar-refractivity contribution in [3.05, 3.63) is 52.7 Å². The van der Waals surface area contributed by atoms with Crippen LogP contribution >= 0.6 is 0 Å². The average molecular weight is 740 g/mol. The van der Waals surface area contributed by atoms with Gasteiger partial charge in [0.25, 0.3) is 5.91 Å². The molecular weight excluding hydrogens is 690 g/mol. The number of nitrogens with zero attached hydrogens (tertiary/aromatic N) is 2. The first kappa shape index (κ1) is 40.3. The fraction of sp³-hybridized carbons (Fsp3) is 0.528. The molecule has 0 radical (unpaired) electrons. The van der Waals surface area contributed by atoms with Crippen molar-refractivity contribution in [1.29, 1.82) is 0 Å². The summed E-state index contributed by atoms with van der Waals surface area (Å²) in [6, 6.07) is 2.95. The van der Waals surface area contributed by atoms with Gasteiger partial charge >= 0.3 is 12.2 Å². The molecule has 1 atom stereocenters. The Morgan fingerprint density at radius 1 is 1.02 bits per heavy atom. The zero-order chi connectivity index (χ0) is 38.3. The number of ether oxygens (including phenoxy) is 2. The summed E-state index contributed by atoms with van der Waals surface area (Å²) in [6.07, 6.45) is 8.01. The highest BCUT2D eigenvalue weighted by Gasteiger charge is 2.29. The standard InChI is InChI=1S/C36H49N7O10/c1-42(34(48)24-7-3-8-24)21-26-19-27(11-10-25(26)22-53-36(50)51)40-33(47)28(9-4-15-38-35(37)49)41-31(45)20-39-30(44)14-17-52-18-16-43-29(12-13-32(43)46)23-5-2-6-23/h10-13,19,24,28H,2-9,14-18,20-22H2,1H3,(H,39,44)(H,40,47)(H,41,45)(H,50,51)(H3,37,38,49)/t28-/m0/s1. The quantitative estimate of drug-likeness (QED) is 0.0838. The van der Waals surface area contributed by atoms with Gasteiger partial charge in [-0.3, -0.25) is 24.0 Å². The molecule has 4 rings (SSSR count). The molecule has 0 bridgehead atoms. The number of benzene rings is 1. The van der Waals surface area contributed by atoms with Crippen molar-refractivity contribution in [1.82, 2.24) is 25.8 Å². The second-order valence-electron chi connectivity index (χ2n) is 13.2. The van der Waals surface area contributed by atoms with Crippen LogP contribution in [0.5, 0.6) is 0 Å². The summed E-state index contributed by atoms with van der Waals surface area (Å²) in [5.41, 5.74) is 8.75. The number of allylic oxidation sites excluding steroid dienone is 2. The molecule has 3 aliphatic rings. The minimum atomic E-state index is -1.46. The van der Waals surface area contributed by atoms with Crippen LogP contribution < -0.4 is 27.0 Å². The van der Waals surface area contributed by atoms with E-state index in [2.05, 4.69) is 21.3 Å². The number of anilines is 1. The SMILES string of the molecule is CN(Cc1cc(NC(=O)[C@H](CCCNC(N)=O)NC(=O)CNC(=O)CCOCCN2C(=O)C=CC2=C2CCC2)ccc1COC(=O)O)C(=O)C1CCC1. The third kappa shape index (κ3) is 12.6. The zero-order valence-electron chi connectivity index (χ0n) is 29.9. The van der Waals surface area contributed by atoms with E-state index in [0.717, 1.165) is 44.2 Å². The lowest BCUT2D eigenvalue weighted by Crippen LogP contribution is -2.47. The highest BCUT2D eigenvalue weighted by atomic mass is 16.7. The Hall–Kier alpha value is -5.45. The molecule has 17 nitrogen and oxygen atoms in total. The minimum absolute atomic E-state index is 0.0204. The maximum atomic E-state index is 13.4. The van der Waals surface area contributed by atoms with Gasteiger partial charge in [0, 0.05) is 56.5 Å². The lowest BCUT2D eigenvalue weighted by atomic mass is 9.84. The summed E-state index contributed by atoms with van der Waals surface area (Å²) in [4.78, 5) is 89.1. The van der Waals surface area contributed by atoms with Gasteiger partial charge in [-0.1, -0.05) is 12.5 Å². The Morgan fingerprint density at radius 2 is 1.79 bits per heavy atom. The zero-order valence-corrected chi connectivity index (χ0v) is 29.9. The van der Waals surface area contributed by atoms with Crippen LogP contribution in [0.1, 0.15) is 68.9 Å². The van der Waals surface area contributed by atoms with E-state index in [1.165, 1.54) is 5.57 Å². The van der Waals surface area contributed by atoms with Gasteiger partial charge in [-0.05, 0) is 79.9 Å². The molecule has 0 aromatic heterocycles. The van der Waals surface area contributed by atoms with E-state index in [1.807, 2.05) is 6.08 Å². The molecule has 0 spiro atoms. The number of carbonyl (C=O) groups is 7. The summed E-state index contributed by atoms with van der Waals surface area (Å²) in [6.45, 7) is 0.331. The molecule has 2 saturated carbocycles. The van der Waals surface area contributed by atoms with Crippen LogP contribution in [0, 0.1) is 5.92 Å². The van der Waals surface area contributed by atoms with Crippen LogP contribution in [0.2, 0.25) is 0 Å². The second-order valence-corrected chi connectivity index (χ2v) is 13.2. The summed E-state index contributed by atoms with van der Waals surface area (Å²) in [5, 5.41) is 19.3. The van der Waals surface area contributed by atoms with Gasteiger partial charge in [0.15, 0.2) is 0 Å². The van der Waals surface area contributed by atoms with Crippen LogP contribution in [0.25, 0.3) is 0 Å². The van der Waals surface area contributed by atoms with E-state index < -0.39 is 42.5 Å². The monoisotopic (exact) mass is 739 g/mol. The Balaban J connectivity index is 1.28. The van der Waals surface area contributed by atoms with Crippen molar-refractivity contribution in [3.63, 3.8) is 0 Å². The van der Waals surface area contributed by atoms with E-state index in [1.54, 1.807) is 41.1 Å². The van der Waals surface area contributed by atoms with Crippen LogP contribution in [-0.2, 0) is 46.6 Å². The number of urea groups is 1. The Bertz CT molecular complexity index is 1600. The first-order valence-corrected chi connectivity index (χ1v) is 17.8. The molecule has 7 amide bonds. The first-order chi connectivity index (χ1) is 25.4. The predicted octanol–water partition coefficient (Wildman–Crippen LogP) is 1.87. The largest absolute Gasteiger partial charge is 0.506 e. The maximum Gasteiger partial charge on any atom is 0.506 e. The number of hydrogen-bond donors (Lipinski definition) is 6. The normalized spacial score (nSPS) is 15.6. The van der Waals surface area contributed by atoms with Crippen LogP contribution in [0.15, 0.2) is 41.6 Å². The molecule has 1 aromatic carbocycles. The van der Waals surface area contributed by atoms with E-state index in [4.69, 9.17) is 20.3 Å². The molecule has 2 aliphatic carbocycles. The van der Waals surface area contributed by atoms with Gasteiger partial charge in [-0.15, -0.1) is 0 Å².